The molecule has 0 fully saturated rings. The lowest BCUT2D eigenvalue weighted by Crippen LogP contribution is -2.44. The molecule has 85 heavy (non-hydrogen) atoms. The van der Waals surface area contributed by atoms with Crippen molar-refractivity contribution in [3.05, 3.63) is 146 Å². The number of rotatable bonds is 36. The summed E-state index contributed by atoms with van der Waals surface area (Å²) in [5.74, 6) is 13.0. The zero-order valence-electron chi connectivity index (χ0n) is 47.0. The van der Waals surface area contributed by atoms with E-state index in [4.69, 9.17) is 82.5 Å². The van der Waals surface area contributed by atoms with Gasteiger partial charge in [0.05, 0.1) is 58.3 Å². The van der Waals surface area contributed by atoms with Crippen molar-refractivity contribution in [2.24, 2.45) is 5.41 Å². The van der Waals surface area contributed by atoms with Gasteiger partial charge in [0.2, 0.25) is 0 Å². The van der Waals surface area contributed by atoms with E-state index < -0.39 is 29.8 Å². The second kappa shape index (κ2) is 32.3. The van der Waals surface area contributed by atoms with E-state index in [1.54, 1.807) is 24.3 Å². The van der Waals surface area contributed by atoms with Gasteiger partial charge in [0, 0.05) is 0 Å². The zero-order valence-corrected chi connectivity index (χ0v) is 47.0. The number of aliphatic hydroxyl groups excluding tert-OH is 4. The van der Waals surface area contributed by atoms with Crippen LogP contribution in [0.3, 0.4) is 0 Å². The van der Waals surface area contributed by atoms with Crippen molar-refractivity contribution in [1.82, 2.24) is 0 Å². The first-order chi connectivity index (χ1) is 41.5. The molecule has 0 aromatic heterocycles. The molecule has 8 aromatic carbocycles. The van der Waals surface area contributed by atoms with Crippen LogP contribution in [0.5, 0.6) is 46.0 Å². The highest BCUT2D eigenvalue weighted by molar-refractivity contribution is 5.88. The normalized spacial score (nSPS) is 13.3. The molecule has 0 aliphatic heterocycles. The van der Waals surface area contributed by atoms with Crippen LogP contribution in [0.2, 0.25) is 0 Å². The van der Waals surface area contributed by atoms with Crippen LogP contribution in [0, 0.1) is 54.8 Å². The summed E-state index contributed by atoms with van der Waals surface area (Å²) in [4.78, 5) is 0. The number of hydrogen-bond donors (Lipinski definition) is 4. The Hall–Kier alpha value is -8.88. The van der Waals surface area contributed by atoms with Crippen LogP contribution >= 0.6 is 0 Å². The number of fused-ring (bicyclic) bond motifs is 4. The molecule has 440 valence electrons. The topological polar surface area (TPSA) is 192 Å². The van der Waals surface area contributed by atoms with E-state index in [1.165, 1.54) is 0 Å². The maximum Gasteiger partial charge on any atom is 0.163 e. The Morgan fingerprint density at radius 1 is 0.282 bits per heavy atom. The maximum atomic E-state index is 11.4. The molecule has 0 spiro atoms. The quantitative estimate of drug-likeness (QED) is 0.0273. The van der Waals surface area contributed by atoms with Crippen LogP contribution in [0.1, 0.15) is 0 Å². The monoisotopic (exact) mass is 1150 g/mol. The van der Waals surface area contributed by atoms with Crippen molar-refractivity contribution in [2.75, 3.05) is 106 Å². The summed E-state index contributed by atoms with van der Waals surface area (Å²) in [6.45, 7) is -2.41. The lowest BCUT2D eigenvalue weighted by molar-refractivity contribution is -0.135. The number of ether oxygens (including phenoxy) is 12. The summed E-state index contributed by atoms with van der Waals surface area (Å²) in [7, 11) is 0. The predicted octanol–water partition coefficient (Wildman–Crippen LogP) is 8.46. The van der Waals surface area contributed by atoms with Crippen molar-refractivity contribution in [3.8, 4) is 95.4 Å². The van der Waals surface area contributed by atoms with Gasteiger partial charge >= 0.3 is 0 Å². The fourth-order valence-corrected chi connectivity index (χ4v) is 9.01. The van der Waals surface area contributed by atoms with Crippen LogP contribution < -0.4 is 37.9 Å². The van der Waals surface area contributed by atoms with Gasteiger partial charge in [-0.05, 0) is 91.6 Å². The first-order valence-electron chi connectivity index (χ1n) is 27.5. The molecular formula is C69H68O16. The van der Waals surface area contributed by atoms with Gasteiger partial charge in [0.25, 0.3) is 0 Å². The van der Waals surface area contributed by atoms with E-state index in [9.17, 15) is 20.4 Å². The molecular weight excluding hydrogens is 1080 g/mol. The molecule has 4 unspecified atom stereocenters. The standard InChI is InChI=1S/C69H68O16/c1-5-25-78-61-29-49-17-9-13-21-53(49)33-65(61)82-41-57(70)37-74-45-69(46-75-38-58(71)42-83-66-34-54-22-14-10-18-50(54)30-62(66)79-26-6-2,47-76-39-59(72)43-84-67-35-55-23-15-11-19-51(55)31-63(67)80-27-7-3)48-77-40-60(73)44-85-68-36-56-24-16-12-20-52(56)32-64(68)81-28-8-4/h1-4,9-24,29-36,57-60,70-73H,25-28,37-48H2. The summed E-state index contributed by atoms with van der Waals surface area (Å²) in [6.07, 6.45) is 17.4. The second-order valence-corrected chi connectivity index (χ2v) is 20.0. The molecule has 8 rings (SSSR count). The minimum Gasteiger partial charge on any atom is -0.487 e. The van der Waals surface area contributed by atoms with Gasteiger partial charge in [-0.1, -0.05) is 121 Å². The van der Waals surface area contributed by atoms with Crippen LogP contribution in [-0.2, 0) is 18.9 Å². The first kappa shape index (κ1) is 62.2. The Morgan fingerprint density at radius 2 is 0.459 bits per heavy atom. The van der Waals surface area contributed by atoms with Crippen LogP contribution in [0.25, 0.3) is 43.1 Å². The van der Waals surface area contributed by atoms with Crippen molar-refractivity contribution in [1.29, 1.82) is 0 Å². The van der Waals surface area contributed by atoms with Gasteiger partial charge in [0.1, 0.15) is 77.3 Å². The Kier molecular flexibility index (Phi) is 23.6. The minimum absolute atomic E-state index is 0.00129. The molecule has 4 atom stereocenters. The second-order valence-electron chi connectivity index (χ2n) is 20.0. The van der Waals surface area contributed by atoms with E-state index in [-0.39, 0.29) is 106 Å². The molecule has 8 aromatic rings. The minimum atomic E-state index is -1.24. The van der Waals surface area contributed by atoms with Crippen LogP contribution in [0.4, 0.5) is 0 Å². The van der Waals surface area contributed by atoms with Gasteiger partial charge in [0.15, 0.2) is 46.0 Å². The Balaban J connectivity index is 0.985. The number of aliphatic hydroxyl groups is 4. The molecule has 0 heterocycles. The summed E-state index contributed by atoms with van der Waals surface area (Å²) < 4.78 is 72.7. The predicted molar refractivity (Wildman–Crippen MR) is 325 cm³/mol. The average Bonchev–Trinajstić information content (AvgIpc) is 3.73. The Labute approximate surface area is 494 Å². The molecule has 0 aliphatic rings. The Bertz CT molecular complexity index is 3140. The highest BCUT2D eigenvalue weighted by Gasteiger charge is 2.34. The van der Waals surface area contributed by atoms with E-state index in [0.29, 0.717) is 46.0 Å². The third-order valence-corrected chi connectivity index (χ3v) is 13.1. The average molecular weight is 1150 g/mol. The summed E-state index contributed by atoms with van der Waals surface area (Å²) in [6, 6.07) is 45.2. The van der Waals surface area contributed by atoms with Crippen molar-refractivity contribution >= 4 is 43.1 Å². The third-order valence-electron chi connectivity index (χ3n) is 13.1. The molecule has 0 saturated heterocycles. The summed E-state index contributed by atoms with van der Waals surface area (Å²) >= 11 is 0. The highest BCUT2D eigenvalue weighted by atomic mass is 16.6. The third kappa shape index (κ3) is 18.6. The summed E-state index contributed by atoms with van der Waals surface area (Å²) in [5.41, 5.74) is -1.24. The van der Waals surface area contributed by atoms with E-state index in [2.05, 4.69) is 23.7 Å². The highest BCUT2D eigenvalue weighted by Crippen LogP contribution is 2.37. The molecule has 0 amide bonds. The van der Waals surface area contributed by atoms with E-state index in [0.717, 1.165) is 43.1 Å². The first-order valence-corrected chi connectivity index (χ1v) is 27.5. The fraction of sp³-hybridized carbons (Fsp3) is 0.304. The lowest BCUT2D eigenvalue weighted by atomic mass is 9.92. The van der Waals surface area contributed by atoms with Crippen LogP contribution in [0.15, 0.2) is 146 Å². The summed E-state index contributed by atoms with van der Waals surface area (Å²) in [5, 5.41) is 52.6. The molecule has 0 radical (unpaired) electrons. The largest absolute Gasteiger partial charge is 0.487 e. The van der Waals surface area contributed by atoms with Crippen LogP contribution in [-0.4, -0.2) is 151 Å². The number of benzene rings is 8. The molecule has 0 aliphatic carbocycles. The number of terminal acetylenes is 4. The molecule has 4 N–H and O–H groups in total. The van der Waals surface area contributed by atoms with Crippen molar-refractivity contribution in [3.63, 3.8) is 0 Å². The zero-order chi connectivity index (χ0) is 59.6. The van der Waals surface area contributed by atoms with Gasteiger partial charge in [-0.2, -0.15) is 0 Å². The molecule has 0 bridgehead atoms. The maximum absolute atomic E-state index is 11.4. The van der Waals surface area contributed by atoms with Crippen molar-refractivity contribution in [2.45, 2.75) is 24.4 Å². The van der Waals surface area contributed by atoms with Gasteiger partial charge in [-0.25, -0.2) is 0 Å². The SMILES string of the molecule is C#CCOc1cc2ccccc2cc1OCC(O)COCC(COCC(O)COc1cc2ccccc2cc1OCC#C)(COCC(O)COc1cc2ccccc2cc1OCC#C)COCC(O)COc1cc2ccccc2cc1OCC#C. The Morgan fingerprint density at radius 3 is 0.635 bits per heavy atom. The van der Waals surface area contributed by atoms with Gasteiger partial charge < -0.3 is 77.3 Å². The fourth-order valence-electron chi connectivity index (χ4n) is 9.01. The van der Waals surface area contributed by atoms with Gasteiger partial charge in [-0.3, -0.25) is 0 Å². The molecule has 16 heteroatoms. The number of hydrogen-bond acceptors (Lipinski definition) is 16. The molecule has 0 saturated carbocycles. The lowest BCUT2D eigenvalue weighted by Gasteiger charge is -2.34. The van der Waals surface area contributed by atoms with E-state index >= 15 is 0 Å². The van der Waals surface area contributed by atoms with Gasteiger partial charge in [-0.15, -0.1) is 25.7 Å². The van der Waals surface area contributed by atoms with E-state index in [1.807, 2.05) is 121 Å². The molecule has 16 nitrogen and oxygen atoms in total. The smallest absolute Gasteiger partial charge is 0.163 e. The van der Waals surface area contributed by atoms with Crippen molar-refractivity contribution < 1.29 is 77.3 Å².